The van der Waals surface area contributed by atoms with Crippen LogP contribution in [0.25, 0.3) is 16.8 Å². The van der Waals surface area contributed by atoms with Crippen LogP contribution in [0.2, 0.25) is 5.02 Å². The number of nitrogens with two attached hydrogens (primary N) is 1. The number of imidazole rings is 1. The summed E-state index contributed by atoms with van der Waals surface area (Å²) in [7, 11) is 0. The standard InChI is InChI=1S/C29H27ClN6O2/c1-2-24(38)36-16-19-4-3-5-22(19)26(36)29-34-25(27-28(31)33-12-13-35(27)29)18-8-6-17(7-9-18)23(37)15-21-14-20(30)10-11-32-21/h2,6-14,19,22,26H,1,3-5,15-16H2,(H2,31,33). The van der Waals surface area contributed by atoms with E-state index in [1.807, 2.05) is 27.6 Å². The molecule has 2 aliphatic rings. The molecule has 1 saturated heterocycles. The summed E-state index contributed by atoms with van der Waals surface area (Å²) in [6.07, 6.45) is 9.97. The van der Waals surface area contributed by atoms with Gasteiger partial charge in [0.05, 0.1) is 12.5 Å². The number of hydrogen-bond acceptors (Lipinski definition) is 6. The third-order valence-corrected chi connectivity index (χ3v) is 8.06. The summed E-state index contributed by atoms with van der Waals surface area (Å²) in [5.74, 6) is 1.79. The molecular formula is C29H27ClN6O2. The Balaban J connectivity index is 1.38. The number of hydrogen-bond donors (Lipinski definition) is 1. The van der Waals surface area contributed by atoms with Crippen molar-refractivity contribution in [3.05, 3.63) is 89.7 Å². The number of benzene rings is 1. The number of anilines is 1. The molecule has 1 saturated carbocycles. The maximum Gasteiger partial charge on any atom is 0.246 e. The van der Waals surface area contributed by atoms with Gasteiger partial charge in [0.1, 0.15) is 22.9 Å². The highest BCUT2D eigenvalue weighted by atomic mass is 35.5. The molecule has 3 aromatic heterocycles. The van der Waals surface area contributed by atoms with E-state index in [0.29, 0.717) is 51.7 Å². The predicted octanol–water partition coefficient (Wildman–Crippen LogP) is 4.94. The van der Waals surface area contributed by atoms with Gasteiger partial charge in [-0.2, -0.15) is 0 Å². The van der Waals surface area contributed by atoms with Gasteiger partial charge in [-0.25, -0.2) is 9.97 Å². The second kappa shape index (κ2) is 9.68. The van der Waals surface area contributed by atoms with Crippen molar-refractivity contribution in [1.82, 2.24) is 24.3 Å². The lowest BCUT2D eigenvalue weighted by atomic mass is 9.93. The van der Waals surface area contributed by atoms with E-state index in [0.717, 1.165) is 30.7 Å². The average molecular weight is 527 g/mol. The van der Waals surface area contributed by atoms with E-state index in [4.69, 9.17) is 22.3 Å². The summed E-state index contributed by atoms with van der Waals surface area (Å²) in [5.41, 5.74) is 9.74. The van der Waals surface area contributed by atoms with Crippen molar-refractivity contribution in [1.29, 1.82) is 0 Å². The topological polar surface area (TPSA) is 106 Å². The molecule has 4 heterocycles. The molecule has 1 aliphatic carbocycles. The molecule has 192 valence electrons. The molecule has 38 heavy (non-hydrogen) atoms. The number of carbonyl (C=O) groups is 2. The van der Waals surface area contributed by atoms with Gasteiger partial charge in [-0.15, -0.1) is 0 Å². The number of ketones is 1. The third-order valence-electron chi connectivity index (χ3n) is 7.82. The Bertz CT molecular complexity index is 1560. The van der Waals surface area contributed by atoms with Gasteiger partial charge >= 0.3 is 0 Å². The predicted molar refractivity (Wildman–Crippen MR) is 146 cm³/mol. The van der Waals surface area contributed by atoms with E-state index in [2.05, 4.69) is 16.5 Å². The molecular weight excluding hydrogens is 500 g/mol. The largest absolute Gasteiger partial charge is 0.382 e. The van der Waals surface area contributed by atoms with Crippen molar-refractivity contribution in [2.45, 2.75) is 31.7 Å². The number of Topliss-reactive ketones (excluding diaryl/α,β-unsaturated/α-hetero) is 1. The Morgan fingerprint density at radius 3 is 2.71 bits per heavy atom. The van der Waals surface area contributed by atoms with Crippen LogP contribution in [-0.2, 0) is 11.2 Å². The number of rotatable bonds is 6. The normalized spacial score (nSPS) is 20.6. The number of nitrogen functional groups attached to an aromatic ring is 1. The first kappa shape index (κ1) is 24.3. The zero-order valence-electron chi connectivity index (χ0n) is 20.8. The van der Waals surface area contributed by atoms with Crippen molar-refractivity contribution in [2.24, 2.45) is 11.8 Å². The first-order valence-corrected chi connectivity index (χ1v) is 13.1. The van der Waals surface area contributed by atoms with Gasteiger partial charge in [0.15, 0.2) is 5.78 Å². The van der Waals surface area contributed by atoms with Gasteiger partial charge in [0, 0.05) is 47.0 Å². The number of amides is 1. The minimum Gasteiger partial charge on any atom is -0.382 e. The molecule has 3 unspecified atom stereocenters. The fourth-order valence-corrected chi connectivity index (χ4v) is 6.29. The summed E-state index contributed by atoms with van der Waals surface area (Å²) in [6.45, 7) is 4.43. The number of likely N-dealkylation sites (tertiary alicyclic amines) is 1. The summed E-state index contributed by atoms with van der Waals surface area (Å²) in [5, 5.41) is 0.548. The maximum absolute atomic E-state index is 12.9. The molecule has 9 heteroatoms. The van der Waals surface area contributed by atoms with Crippen molar-refractivity contribution in [3.8, 4) is 11.3 Å². The van der Waals surface area contributed by atoms with E-state index in [1.165, 1.54) is 6.08 Å². The molecule has 8 nitrogen and oxygen atoms in total. The van der Waals surface area contributed by atoms with Crippen molar-refractivity contribution < 1.29 is 9.59 Å². The van der Waals surface area contributed by atoms with Crippen LogP contribution in [0.15, 0.2) is 67.6 Å². The maximum atomic E-state index is 12.9. The van der Waals surface area contributed by atoms with Gasteiger partial charge < -0.3 is 10.6 Å². The quantitative estimate of drug-likeness (QED) is 0.282. The van der Waals surface area contributed by atoms with Crippen LogP contribution >= 0.6 is 11.6 Å². The minimum atomic E-state index is -0.165. The van der Waals surface area contributed by atoms with Crippen molar-refractivity contribution >= 4 is 34.6 Å². The fourth-order valence-electron chi connectivity index (χ4n) is 6.10. The molecule has 1 aromatic carbocycles. The van der Waals surface area contributed by atoms with E-state index in [1.54, 1.807) is 36.7 Å². The van der Waals surface area contributed by atoms with Gasteiger partial charge in [-0.1, -0.05) is 48.9 Å². The molecule has 4 aromatic rings. The number of pyridine rings is 1. The third kappa shape index (κ3) is 4.15. The van der Waals surface area contributed by atoms with Crippen LogP contribution in [0.3, 0.4) is 0 Å². The lowest BCUT2D eigenvalue weighted by Gasteiger charge is -2.26. The number of halogens is 1. The van der Waals surface area contributed by atoms with Crippen LogP contribution in [0.4, 0.5) is 5.82 Å². The molecule has 2 N–H and O–H groups in total. The van der Waals surface area contributed by atoms with E-state index < -0.39 is 0 Å². The molecule has 1 amide bonds. The SMILES string of the molecule is C=CC(=O)N1CC2CCCC2C1c1nc(-c2ccc(C(=O)Cc3cc(Cl)ccn3)cc2)c2c(N)nccn12. The number of fused-ring (bicyclic) bond motifs is 2. The first-order chi connectivity index (χ1) is 18.4. The van der Waals surface area contributed by atoms with Crippen LogP contribution in [0, 0.1) is 11.8 Å². The van der Waals surface area contributed by atoms with E-state index >= 15 is 0 Å². The van der Waals surface area contributed by atoms with Crippen LogP contribution in [0.5, 0.6) is 0 Å². The zero-order chi connectivity index (χ0) is 26.4. The molecule has 0 bridgehead atoms. The van der Waals surface area contributed by atoms with Gasteiger partial charge in [0.25, 0.3) is 0 Å². The molecule has 0 spiro atoms. The highest BCUT2D eigenvalue weighted by molar-refractivity contribution is 6.30. The number of carbonyl (C=O) groups excluding carboxylic acids is 2. The Morgan fingerprint density at radius 2 is 1.95 bits per heavy atom. The van der Waals surface area contributed by atoms with E-state index in [-0.39, 0.29) is 24.2 Å². The second-order valence-corrected chi connectivity index (χ2v) is 10.4. The molecule has 1 aliphatic heterocycles. The fraction of sp³-hybridized carbons (Fsp3) is 0.276. The summed E-state index contributed by atoms with van der Waals surface area (Å²) in [6, 6.07) is 10.5. The lowest BCUT2D eigenvalue weighted by molar-refractivity contribution is -0.127. The highest BCUT2D eigenvalue weighted by Crippen LogP contribution is 2.50. The van der Waals surface area contributed by atoms with Gasteiger partial charge in [-0.3, -0.25) is 19.0 Å². The second-order valence-electron chi connectivity index (χ2n) is 9.99. The summed E-state index contributed by atoms with van der Waals surface area (Å²) in [4.78, 5) is 41.3. The van der Waals surface area contributed by atoms with Crippen LogP contribution < -0.4 is 5.73 Å². The first-order valence-electron chi connectivity index (χ1n) is 12.7. The number of aromatic nitrogens is 4. The molecule has 0 radical (unpaired) electrons. The Labute approximate surface area is 225 Å². The minimum absolute atomic E-state index is 0.0558. The Hall–Kier alpha value is -4.04. The zero-order valence-corrected chi connectivity index (χ0v) is 21.5. The lowest BCUT2D eigenvalue weighted by Crippen LogP contribution is -2.32. The Morgan fingerprint density at radius 1 is 1.13 bits per heavy atom. The average Bonchev–Trinajstić information content (AvgIpc) is 3.62. The van der Waals surface area contributed by atoms with Crippen molar-refractivity contribution in [3.63, 3.8) is 0 Å². The van der Waals surface area contributed by atoms with Crippen LogP contribution in [0.1, 0.15) is 47.2 Å². The van der Waals surface area contributed by atoms with Crippen molar-refractivity contribution in [2.75, 3.05) is 12.3 Å². The van der Waals surface area contributed by atoms with Gasteiger partial charge in [0.2, 0.25) is 5.91 Å². The monoisotopic (exact) mass is 526 g/mol. The summed E-state index contributed by atoms with van der Waals surface area (Å²) < 4.78 is 1.97. The molecule has 6 rings (SSSR count). The van der Waals surface area contributed by atoms with Crippen LogP contribution in [-0.4, -0.2) is 42.5 Å². The number of nitrogens with zero attached hydrogens (tertiary/aromatic N) is 5. The van der Waals surface area contributed by atoms with E-state index in [9.17, 15) is 9.59 Å². The molecule has 3 atom stereocenters. The smallest absolute Gasteiger partial charge is 0.246 e. The Kier molecular flexibility index (Phi) is 6.19. The highest BCUT2D eigenvalue weighted by Gasteiger charge is 2.48. The molecule has 2 fully saturated rings. The van der Waals surface area contributed by atoms with Gasteiger partial charge in [-0.05, 0) is 42.9 Å². The summed E-state index contributed by atoms with van der Waals surface area (Å²) >= 11 is 6.03.